The number of likely N-dealkylation sites (tertiary alicyclic amines) is 1. The van der Waals surface area contributed by atoms with Gasteiger partial charge in [0, 0.05) is 38.2 Å². The van der Waals surface area contributed by atoms with Crippen molar-refractivity contribution in [1.82, 2.24) is 19.7 Å². The maximum Gasteiger partial charge on any atom is 0.265 e. The van der Waals surface area contributed by atoms with Gasteiger partial charge >= 0.3 is 0 Å². The van der Waals surface area contributed by atoms with Crippen LogP contribution in [-0.4, -0.2) is 38.7 Å². The third-order valence-electron chi connectivity index (χ3n) is 4.42. The predicted molar refractivity (Wildman–Crippen MR) is 80.6 cm³/mol. The van der Waals surface area contributed by atoms with Crippen molar-refractivity contribution in [2.24, 2.45) is 7.05 Å². The average Bonchev–Trinajstić information content (AvgIpc) is 2.94. The molecule has 1 aliphatic heterocycles. The van der Waals surface area contributed by atoms with E-state index in [2.05, 4.69) is 16.3 Å². The first kappa shape index (κ1) is 13.0. The summed E-state index contributed by atoms with van der Waals surface area (Å²) in [6.45, 7) is 1.63. The van der Waals surface area contributed by atoms with E-state index in [0.717, 1.165) is 30.1 Å². The molecule has 1 unspecified atom stereocenters. The number of hydrogen-bond acceptors (Lipinski definition) is 4. The monoisotopic (exact) mass is 302 g/mol. The van der Waals surface area contributed by atoms with Crippen molar-refractivity contribution in [2.45, 2.75) is 31.1 Å². The summed E-state index contributed by atoms with van der Waals surface area (Å²) in [6.07, 6.45) is 7.36. The van der Waals surface area contributed by atoms with Crippen LogP contribution in [0.4, 0.5) is 0 Å². The second-order valence-electron chi connectivity index (χ2n) is 6.03. The van der Waals surface area contributed by atoms with Gasteiger partial charge in [-0.15, -0.1) is 11.3 Å². The highest BCUT2D eigenvalue weighted by molar-refractivity contribution is 7.11. The summed E-state index contributed by atoms with van der Waals surface area (Å²) in [5.74, 6) is 1.12. The smallest absolute Gasteiger partial charge is 0.265 e. The third-order valence-corrected chi connectivity index (χ3v) is 5.26. The van der Waals surface area contributed by atoms with Crippen LogP contribution in [0.15, 0.2) is 17.9 Å². The fourth-order valence-electron chi connectivity index (χ4n) is 3.07. The fraction of sp³-hybridized carbons (Fsp3) is 0.533. The summed E-state index contributed by atoms with van der Waals surface area (Å²) < 4.78 is 1.83. The van der Waals surface area contributed by atoms with Crippen LogP contribution in [0.3, 0.4) is 0 Å². The van der Waals surface area contributed by atoms with E-state index in [9.17, 15) is 4.79 Å². The van der Waals surface area contributed by atoms with Crippen molar-refractivity contribution in [2.75, 3.05) is 13.1 Å². The minimum Gasteiger partial charge on any atom is -0.337 e. The van der Waals surface area contributed by atoms with Crippen LogP contribution in [0, 0.1) is 0 Å². The fourth-order valence-corrected chi connectivity index (χ4v) is 3.92. The molecule has 5 nitrogen and oxygen atoms in total. The molecule has 0 aromatic carbocycles. The maximum atomic E-state index is 12.7. The summed E-state index contributed by atoms with van der Waals surface area (Å²) in [5.41, 5.74) is 4.09. The Morgan fingerprint density at radius 2 is 2.19 bits per heavy atom. The molecule has 0 spiro atoms. The molecule has 2 aromatic heterocycles. The Morgan fingerprint density at radius 1 is 1.33 bits per heavy atom. The average molecular weight is 302 g/mol. The number of thiazole rings is 1. The molecule has 3 heterocycles. The van der Waals surface area contributed by atoms with Gasteiger partial charge in [0.1, 0.15) is 4.88 Å². The van der Waals surface area contributed by atoms with Gasteiger partial charge in [0.25, 0.3) is 5.91 Å². The van der Waals surface area contributed by atoms with Crippen LogP contribution < -0.4 is 0 Å². The van der Waals surface area contributed by atoms with E-state index in [1.807, 2.05) is 28.3 Å². The van der Waals surface area contributed by atoms with E-state index in [0.29, 0.717) is 11.8 Å². The van der Waals surface area contributed by atoms with Crippen molar-refractivity contribution in [1.29, 1.82) is 0 Å². The first-order valence-electron chi connectivity index (χ1n) is 7.43. The third kappa shape index (κ3) is 2.37. The van der Waals surface area contributed by atoms with Gasteiger partial charge in [-0.05, 0) is 24.8 Å². The summed E-state index contributed by atoms with van der Waals surface area (Å²) in [6, 6.07) is 0. The molecular formula is C15H18N4OS. The van der Waals surface area contributed by atoms with E-state index in [1.54, 1.807) is 0 Å². The Hall–Kier alpha value is -1.69. The zero-order valence-corrected chi connectivity index (χ0v) is 12.8. The predicted octanol–water partition coefficient (Wildman–Crippen LogP) is 2.38. The molecule has 110 valence electrons. The Kier molecular flexibility index (Phi) is 3.06. The number of aryl methyl sites for hydroxylation is 1. The molecule has 1 amide bonds. The highest BCUT2D eigenvalue weighted by Crippen LogP contribution is 2.42. The summed E-state index contributed by atoms with van der Waals surface area (Å²) in [5, 5.41) is 4.23. The van der Waals surface area contributed by atoms with Crippen LogP contribution in [-0.2, 0) is 7.05 Å². The highest BCUT2D eigenvalue weighted by atomic mass is 32.1. The largest absolute Gasteiger partial charge is 0.337 e. The number of hydrogen-bond donors (Lipinski definition) is 0. The molecule has 1 aliphatic carbocycles. The molecule has 21 heavy (non-hydrogen) atoms. The number of aromatic nitrogens is 3. The lowest BCUT2D eigenvalue weighted by Crippen LogP contribution is -2.28. The zero-order chi connectivity index (χ0) is 14.4. The molecule has 4 rings (SSSR count). The Bertz CT molecular complexity index is 673. The molecular weight excluding hydrogens is 284 g/mol. The molecule has 2 aromatic rings. The zero-order valence-electron chi connectivity index (χ0n) is 12.0. The van der Waals surface area contributed by atoms with Gasteiger partial charge in [-0.1, -0.05) is 0 Å². The molecule has 0 bridgehead atoms. The second-order valence-corrected chi connectivity index (χ2v) is 6.88. The molecule has 2 aliphatic rings. The number of rotatable bonds is 3. The molecule has 6 heteroatoms. The first-order chi connectivity index (χ1) is 10.2. The minimum absolute atomic E-state index is 0.172. The number of amides is 1. The van der Waals surface area contributed by atoms with Gasteiger partial charge in [0.2, 0.25) is 0 Å². The van der Waals surface area contributed by atoms with E-state index in [-0.39, 0.29) is 5.91 Å². The minimum atomic E-state index is 0.172. The van der Waals surface area contributed by atoms with Crippen LogP contribution in [0.25, 0.3) is 0 Å². The van der Waals surface area contributed by atoms with E-state index in [4.69, 9.17) is 0 Å². The number of carbonyl (C=O) groups excluding carboxylic acids is 1. The van der Waals surface area contributed by atoms with Crippen LogP contribution in [0.1, 0.15) is 52.0 Å². The quantitative estimate of drug-likeness (QED) is 0.874. The van der Waals surface area contributed by atoms with Gasteiger partial charge in [0.15, 0.2) is 0 Å². The molecule has 1 saturated carbocycles. The van der Waals surface area contributed by atoms with Gasteiger partial charge in [-0.3, -0.25) is 9.48 Å². The lowest BCUT2D eigenvalue weighted by atomic mass is 10.0. The molecule has 0 N–H and O–H groups in total. The molecule has 0 radical (unpaired) electrons. The van der Waals surface area contributed by atoms with E-state index < -0.39 is 0 Å². The lowest BCUT2D eigenvalue weighted by molar-refractivity contribution is 0.0794. The number of nitrogens with zero attached hydrogens (tertiary/aromatic N) is 4. The standard InChI is InChI=1S/C15H18N4OS/c1-18-7-12(6-17-18)11-4-5-19(8-11)15(20)14-13(10-2-3-10)16-9-21-14/h6-7,9-11H,2-5,8H2,1H3. The van der Waals surface area contributed by atoms with E-state index in [1.165, 1.54) is 29.7 Å². The Balaban J connectivity index is 1.50. The maximum absolute atomic E-state index is 12.7. The van der Waals surface area contributed by atoms with Gasteiger partial charge in [-0.2, -0.15) is 5.10 Å². The van der Waals surface area contributed by atoms with Crippen molar-refractivity contribution >= 4 is 17.2 Å². The lowest BCUT2D eigenvalue weighted by Gasteiger charge is -2.16. The topological polar surface area (TPSA) is 51.0 Å². The van der Waals surface area contributed by atoms with Crippen molar-refractivity contribution in [3.8, 4) is 0 Å². The SMILES string of the molecule is Cn1cc(C2CCN(C(=O)c3scnc3C3CC3)C2)cn1. The normalized spacial score (nSPS) is 22.0. The molecule has 2 fully saturated rings. The summed E-state index contributed by atoms with van der Waals surface area (Å²) >= 11 is 1.50. The van der Waals surface area contributed by atoms with Crippen molar-refractivity contribution in [3.05, 3.63) is 34.0 Å². The summed E-state index contributed by atoms with van der Waals surface area (Å²) in [7, 11) is 1.93. The molecule has 1 atom stereocenters. The van der Waals surface area contributed by atoms with Crippen molar-refractivity contribution < 1.29 is 4.79 Å². The second kappa shape index (κ2) is 4.94. The Labute approximate surface area is 127 Å². The number of carbonyl (C=O) groups is 1. The van der Waals surface area contributed by atoms with Gasteiger partial charge < -0.3 is 4.90 Å². The summed E-state index contributed by atoms with van der Waals surface area (Å²) in [4.78, 5) is 20.0. The van der Waals surface area contributed by atoms with Crippen LogP contribution in [0.5, 0.6) is 0 Å². The molecule has 1 saturated heterocycles. The first-order valence-corrected chi connectivity index (χ1v) is 8.31. The van der Waals surface area contributed by atoms with E-state index >= 15 is 0 Å². The van der Waals surface area contributed by atoms with Crippen LogP contribution >= 0.6 is 11.3 Å². The van der Waals surface area contributed by atoms with Gasteiger partial charge in [-0.25, -0.2) is 4.98 Å². The van der Waals surface area contributed by atoms with Gasteiger partial charge in [0.05, 0.1) is 17.4 Å². The van der Waals surface area contributed by atoms with Crippen molar-refractivity contribution in [3.63, 3.8) is 0 Å². The highest BCUT2D eigenvalue weighted by Gasteiger charge is 2.34. The van der Waals surface area contributed by atoms with Crippen LogP contribution in [0.2, 0.25) is 0 Å². The Morgan fingerprint density at radius 3 is 2.90 bits per heavy atom.